The molecule has 6 heteroatoms. The predicted octanol–water partition coefficient (Wildman–Crippen LogP) is 2.55. The highest BCUT2D eigenvalue weighted by Crippen LogP contribution is 2.23. The minimum Gasteiger partial charge on any atom is -0.481 e. The van der Waals surface area contributed by atoms with E-state index in [4.69, 9.17) is 16.7 Å². The number of nitrogens with one attached hydrogen (secondary N) is 1. The third-order valence-electron chi connectivity index (χ3n) is 2.17. The first kappa shape index (κ1) is 14.0. The van der Waals surface area contributed by atoms with E-state index in [-0.39, 0.29) is 12.5 Å². The summed E-state index contributed by atoms with van der Waals surface area (Å²) in [7, 11) is 0. The molecule has 1 atom stereocenters. The maximum Gasteiger partial charge on any atom is 0.308 e. The van der Waals surface area contributed by atoms with E-state index < -0.39 is 11.9 Å². The molecule has 4 nitrogen and oxygen atoms in total. The number of carbonyl (C=O) groups is 2. The average Bonchev–Trinajstić information content (AvgIpc) is 2.28. The maximum atomic E-state index is 11.7. The third kappa shape index (κ3) is 4.02. The highest BCUT2D eigenvalue weighted by Gasteiger charge is 2.13. The maximum absolute atomic E-state index is 11.7. The van der Waals surface area contributed by atoms with Gasteiger partial charge in [0.05, 0.1) is 10.9 Å². The quantitative estimate of drug-likeness (QED) is 0.896. The van der Waals surface area contributed by atoms with E-state index >= 15 is 0 Å². The van der Waals surface area contributed by atoms with Gasteiger partial charge in [0, 0.05) is 16.6 Å². The van der Waals surface area contributed by atoms with Crippen molar-refractivity contribution < 1.29 is 14.7 Å². The number of hydrogen-bond acceptors (Lipinski definition) is 2. The Balaban J connectivity index is 2.64. The zero-order chi connectivity index (χ0) is 13.0. The van der Waals surface area contributed by atoms with Crippen molar-refractivity contribution in [3.63, 3.8) is 0 Å². The van der Waals surface area contributed by atoms with Crippen molar-refractivity contribution in [2.75, 3.05) is 6.54 Å². The molecule has 0 spiro atoms. The molecule has 1 aromatic rings. The number of carbonyl (C=O) groups excluding carboxylic acids is 1. The Labute approximate surface area is 112 Å². The Morgan fingerprint density at radius 1 is 1.53 bits per heavy atom. The van der Waals surface area contributed by atoms with Crippen LogP contribution in [0.1, 0.15) is 17.3 Å². The predicted molar refractivity (Wildman–Crippen MR) is 68.3 cm³/mol. The van der Waals surface area contributed by atoms with Gasteiger partial charge < -0.3 is 10.4 Å². The summed E-state index contributed by atoms with van der Waals surface area (Å²) in [5.41, 5.74) is 0.399. The highest BCUT2D eigenvalue weighted by atomic mass is 79.9. The normalized spacial score (nSPS) is 11.9. The fourth-order valence-corrected chi connectivity index (χ4v) is 1.50. The van der Waals surface area contributed by atoms with Crippen LogP contribution in [-0.2, 0) is 4.79 Å². The van der Waals surface area contributed by atoms with Gasteiger partial charge in [0.2, 0.25) is 0 Å². The summed E-state index contributed by atoms with van der Waals surface area (Å²) in [6.45, 7) is 1.61. The highest BCUT2D eigenvalue weighted by molar-refractivity contribution is 9.10. The van der Waals surface area contributed by atoms with Crippen LogP contribution in [0.5, 0.6) is 0 Å². The molecular weight excluding hydrogens is 309 g/mol. The minimum absolute atomic E-state index is 0.0852. The van der Waals surface area contributed by atoms with Crippen molar-refractivity contribution in [2.45, 2.75) is 6.92 Å². The van der Waals surface area contributed by atoms with Crippen LogP contribution in [0.3, 0.4) is 0 Å². The number of benzene rings is 1. The first-order chi connectivity index (χ1) is 7.91. The van der Waals surface area contributed by atoms with Crippen molar-refractivity contribution in [2.24, 2.45) is 5.92 Å². The largest absolute Gasteiger partial charge is 0.481 e. The number of halogens is 2. The van der Waals surface area contributed by atoms with Gasteiger partial charge in [-0.3, -0.25) is 9.59 Å². The van der Waals surface area contributed by atoms with Crippen LogP contribution in [0.4, 0.5) is 0 Å². The number of carboxylic acids is 1. The molecule has 0 aromatic heterocycles. The molecule has 1 amide bonds. The molecule has 0 aliphatic rings. The first-order valence-corrected chi connectivity index (χ1v) is 6.05. The molecular formula is C11H11BrClNO3. The molecule has 92 valence electrons. The van der Waals surface area contributed by atoms with E-state index in [9.17, 15) is 9.59 Å². The van der Waals surface area contributed by atoms with Gasteiger partial charge in [-0.05, 0) is 34.1 Å². The van der Waals surface area contributed by atoms with Gasteiger partial charge >= 0.3 is 5.97 Å². The van der Waals surface area contributed by atoms with E-state index in [1.807, 2.05) is 0 Å². The molecule has 0 aliphatic heterocycles. The number of amides is 1. The van der Waals surface area contributed by atoms with Gasteiger partial charge in [-0.25, -0.2) is 0 Å². The molecule has 17 heavy (non-hydrogen) atoms. The van der Waals surface area contributed by atoms with Gasteiger partial charge in [-0.1, -0.05) is 18.5 Å². The standard InChI is InChI=1S/C11H11BrClNO3/c1-6(11(16)17)5-14-10(15)7-2-3-8(12)9(13)4-7/h2-4,6H,5H2,1H3,(H,14,15)(H,16,17). The van der Waals surface area contributed by atoms with Crippen LogP contribution < -0.4 is 5.32 Å². The second-order valence-corrected chi connectivity index (χ2v) is 4.84. The molecule has 0 fully saturated rings. The smallest absolute Gasteiger partial charge is 0.308 e. The Kier molecular flexibility index (Phi) is 4.96. The molecule has 0 heterocycles. The molecule has 0 aliphatic carbocycles. The molecule has 1 unspecified atom stereocenters. The minimum atomic E-state index is -0.945. The fraction of sp³-hybridized carbons (Fsp3) is 0.273. The van der Waals surface area contributed by atoms with Gasteiger partial charge in [0.25, 0.3) is 5.91 Å². The van der Waals surface area contributed by atoms with Gasteiger partial charge in [-0.15, -0.1) is 0 Å². The molecule has 0 saturated carbocycles. The Bertz CT molecular complexity index is 450. The van der Waals surface area contributed by atoms with Crippen molar-refractivity contribution >= 4 is 39.4 Å². The van der Waals surface area contributed by atoms with Crippen LogP contribution in [-0.4, -0.2) is 23.5 Å². The van der Waals surface area contributed by atoms with E-state index in [1.54, 1.807) is 12.1 Å². The summed E-state index contributed by atoms with van der Waals surface area (Å²) >= 11 is 9.07. The van der Waals surface area contributed by atoms with Crippen LogP contribution >= 0.6 is 27.5 Å². The Hall–Kier alpha value is -1.07. The van der Waals surface area contributed by atoms with Crippen LogP contribution in [0.25, 0.3) is 0 Å². The lowest BCUT2D eigenvalue weighted by Gasteiger charge is -2.08. The van der Waals surface area contributed by atoms with Crippen molar-refractivity contribution in [3.05, 3.63) is 33.3 Å². The van der Waals surface area contributed by atoms with Crippen molar-refractivity contribution in [3.8, 4) is 0 Å². The molecule has 0 saturated heterocycles. The average molecular weight is 321 g/mol. The summed E-state index contributed by atoms with van der Waals surface area (Å²) in [5, 5.41) is 11.6. The van der Waals surface area contributed by atoms with Gasteiger partial charge in [0.1, 0.15) is 0 Å². The lowest BCUT2D eigenvalue weighted by Crippen LogP contribution is -2.31. The lowest BCUT2D eigenvalue weighted by molar-refractivity contribution is -0.140. The Morgan fingerprint density at radius 3 is 2.71 bits per heavy atom. The number of hydrogen-bond donors (Lipinski definition) is 2. The van der Waals surface area contributed by atoms with Gasteiger partial charge in [-0.2, -0.15) is 0 Å². The molecule has 1 aromatic carbocycles. The van der Waals surface area contributed by atoms with Crippen molar-refractivity contribution in [1.29, 1.82) is 0 Å². The van der Waals surface area contributed by atoms with Gasteiger partial charge in [0.15, 0.2) is 0 Å². The summed E-state index contributed by atoms with van der Waals surface area (Å²) in [5.74, 6) is -1.91. The molecule has 2 N–H and O–H groups in total. The van der Waals surface area contributed by atoms with Crippen LogP contribution in [0.2, 0.25) is 5.02 Å². The van der Waals surface area contributed by atoms with E-state index in [2.05, 4.69) is 21.2 Å². The zero-order valence-corrected chi connectivity index (χ0v) is 11.4. The molecule has 1 rings (SSSR count). The summed E-state index contributed by atoms with van der Waals surface area (Å²) in [6.07, 6.45) is 0. The summed E-state index contributed by atoms with van der Waals surface area (Å²) in [4.78, 5) is 22.2. The monoisotopic (exact) mass is 319 g/mol. The zero-order valence-electron chi connectivity index (χ0n) is 9.04. The van der Waals surface area contributed by atoms with E-state index in [1.165, 1.54) is 13.0 Å². The lowest BCUT2D eigenvalue weighted by atomic mass is 10.1. The second kappa shape index (κ2) is 6.02. The number of aliphatic carboxylic acids is 1. The van der Waals surface area contributed by atoms with Crippen LogP contribution in [0.15, 0.2) is 22.7 Å². The third-order valence-corrected chi connectivity index (χ3v) is 3.40. The summed E-state index contributed by atoms with van der Waals surface area (Å²) in [6, 6.07) is 4.79. The Morgan fingerprint density at radius 2 is 2.18 bits per heavy atom. The van der Waals surface area contributed by atoms with E-state index in [0.717, 1.165) is 0 Å². The molecule has 0 bridgehead atoms. The molecule has 0 radical (unpaired) electrons. The van der Waals surface area contributed by atoms with E-state index in [0.29, 0.717) is 15.1 Å². The van der Waals surface area contributed by atoms with Crippen molar-refractivity contribution in [1.82, 2.24) is 5.32 Å². The SMILES string of the molecule is CC(CNC(=O)c1ccc(Br)c(Cl)c1)C(=O)O. The first-order valence-electron chi connectivity index (χ1n) is 4.88. The topological polar surface area (TPSA) is 66.4 Å². The van der Waals surface area contributed by atoms with Crippen LogP contribution in [0, 0.1) is 5.92 Å². The number of rotatable bonds is 4. The summed E-state index contributed by atoms with van der Waals surface area (Å²) < 4.78 is 0.703. The second-order valence-electron chi connectivity index (χ2n) is 3.58. The fourth-order valence-electron chi connectivity index (χ4n) is 1.07. The number of carboxylic acid groups (broad SMARTS) is 1.